The maximum absolute atomic E-state index is 13.4. The minimum atomic E-state index is -1.71. The van der Waals surface area contributed by atoms with Crippen LogP contribution in [0.25, 0.3) is 0 Å². The van der Waals surface area contributed by atoms with Gasteiger partial charge < -0.3 is 68.5 Å². The maximum atomic E-state index is 13.4. The summed E-state index contributed by atoms with van der Waals surface area (Å²) in [7, 11) is 0. The molecule has 274 valence electrons. The highest BCUT2D eigenvalue weighted by Crippen LogP contribution is 2.34. The molecule has 2 aliphatic rings. The van der Waals surface area contributed by atoms with E-state index < -0.39 is 116 Å². The van der Waals surface area contributed by atoms with Gasteiger partial charge in [0.1, 0.15) is 72.6 Å². The van der Waals surface area contributed by atoms with E-state index in [1.165, 1.54) is 24.3 Å². The smallest absolute Gasteiger partial charge is 0.346 e. The summed E-state index contributed by atoms with van der Waals surface area (Å²) in [4.78, 5) is 48.8. The van der Waals surface area contributed by atoms with Crippen molar-refractivity contribution in [3.8, 4) is 17.2 Å². The Morgan fingerprint density at radius 3 is 1.96 bits per heavy atom. The third-order valence-electron chi connectivity index (χ3n) is 7.55. The van der Waals surface area contributed by atoms with Crippen LogP contribution in [0, 0.1) is 0 Å². The van der Waals surface area contributed by atoms with Crippen LogP contribution in [0.4, 0.5) is 0 Å². The Bertz CT molecular complexity index is 1510. The zero-order chi connectivity index (χ0) is 36.7. The topological polar surface area (TPSA) is 263 Å². The first-order valence-corrected chi connectivity index (χ1v) is 15.2. The number of aliphatic hydroxyl groups excluding tert-OH is 5. The summed E-state index contributed by atoms with van der Waals surface area (Å²) in [6, 6.07) is 9.77. The summed E-state index contributed by atoms with van der Waals surface area (Å²) in [6.45, 7) is 1.50. The van der Waals surface area contributed by atoms with Crippen LogP contribution in [-0.4, -0.2) is 129 Å². The van der Waals surface area contributed by atoms with Crippen molar-refractivity contribution in [2.45, 2.75) is 88.8 Å². The number of rotatable bonds is 12. The van der Waals surface area contributed by atoms with E-state index in [1.807, 2.05) is 0 Å². The molecule has 0 aliphatic carbocycles. The molecule has 0 amide bonds. The first-order chi connectivity index (χ1) is 23.7. The number of benzene rings is 2. The number of phenols is 1. The highest BCUT2D eigenvalue weighted by atomic mass is 16.7. The number of aliphatic hydroxyl groups is 5. The van der Waals surface area contributed by atoms with Crippen molar-refractivity contribution in [3.63, 3.8) is 0 Å². The minimum Gasteiger partial charge on any atom is -0.507 e. The fourth-order valence-corrected chi connectivity index (χ4v) is 5.16. The number of aromatic hydroxyl groups is 1. The lowest BCUT2D eigenvalue weighted by Gasteiger charge is -2.42. The van der Waals surface area contributed by atoms with Gasteiger partial charge in [-0.2, -0.15) is 0 Å². The van der Waals surface area contributed by atoms with Gasteiger partial charge in [-0.3, -0.25) is 14.4 Å². The van der Waals surface area contributed by atoms with Gasteiger partial charge in [-0.05, 0) is 18.2 Å². The SMILES string of the molecule is CC(=O)OC[C@H]1O[C@@H](Oc2cccc(O)c2C(=O)OCc2ccccc2O[C@@H]2O[C@H](CO)[C@@H](O)[C@H](O)[C@H]2O)[C@H](OC(C)=O)[C@@H](OC(C)=O)[C@@H]1O. The van der Waals surface area contributed by atoms with Gasteiger partial charge in [0.25, 0.3) is 0 Å². The van der Waals surface area contributed by atoms with Gasteiger partial charge in [0, 0.05) is 26.3 Å². The number of carbonyl (C=O) groups is 4. The zero-order valence-corrected chi connectivity index (χ0v) is 27.0. The molecule has 10 atom stereocenters. The number of carbonyl (C=O) groups excluding carboxylic acids is 4. The predicted octanol–water partition coefficient (Wildman–Crippen LogP) is -1.18. The summed E-state index contributed by atoms with van der Waals surface area (Å²) in [5, 5.41) is 61.6. The van der Waals surface area contributed by atoms with Gasteiger partial charge >= 0.3 is 23.9 Å². The maximum Gasteiger partial charge on any atom is 0.346 e. The summed E-state index contributed by atoms with van der Waals surface area (Å²) in [6.07, 6.45) is -15.7. The molecule has 0 aromatic heterocycles. The number of hydrogen-bond donors (Lipinski definition) is 6. The normalized spacial score (nSPS) is 29.3. The highest BCUT2D eigenvalue weighted by Gasteiger charge is 2.51. The predicted molar refractivity (Wildman–Crippen MR) is 161 cm³/mol. The van der Waals surface area contributed by atoms with Gasteiger partial charge in [0.05, 0.1) is 6.61 Å². The fourth-order valence-electron chi connectivity index (χ4n) is 5.16. The molecule has 0 saturated carbocycles. The van der Waals surface area contributed by atoms with E-state index in [-0.39, 0.29) is 17.1 Å². The Morgan fingerprint density at radius 2 is 1.30 bits per heavy atom. The second-order valence-electron chi connectivity index (χ2n) is 11.3. The van der Waals surface area contributed by atoms with Gasteiger partial charge in [-0.25, -0.2) is 4.79 Å². The van der Waals surface area contributed by atoms with E-state index in [4.69, 9.17) is 37.9 Å². The van der Waals surface area contributed by atoms with Crippen LogP contribution in [0.2, 0.25) is 0 Å². The molecule has 4 rings (SSSR count). The van der Waals surface area contributed by atoms with Gasteiger partial charge in [0.15, 0.2) is 6.10 Å². The van der Waals surface area contributed by atoms with Crippen molar-refractivity contribution in [3.05, 3.63) is 53.6 Å². The molecule has 0 unspecified atom stereocenters. The Labute approximate surface area is 284 Å². The lowest BCUT2D eigenvalue weighted by molar-refractivity contribution is -0.285. The molecule has 0 radical (unpaired) electrons. The number of para-hydroxylation sites is 1. The number of esters is 4. The van der Waals surface area contributed by atoms with Crippen LogP contribution < -0.4 is 9.47 Å². The van der Waals surface area contributed by atoms with Crippen LogP contribution in [0.15, 0.2) is 42.5 Å². The summed E-state index contributed by atoms with van der Waals surface area (Å²) < 4.78 is 43.6. The average molecular weight is 711 g/mol. The van der Waals surface area contributed by atoms with Crippen LogP contribution in [0.1, 0.15) is 36.7 Å². The molecule has 2 aromatic rings. The fraction of sp³-hybridized carbons (Fsp3) is 0.500. The van der Waals surface area contributed by atoms with E-state index in [0.717, 1.165) is 26.8 Å². The van der Waals surface area contributed by atoms with Crippen molar-refractivity contribution in [2.24, 2.45) is 0 Å². The molecule has 18 heteroatoms. The molecule has 2 aromatic carbocycles. The molecule has 18 nitrogen and oxygen atoms in total. The lowest BCUT2D eigenvalue weighted by atomic mass is 9.98. The van der Waals surface area contributed by atoms with Crippen molar-refractivity contribution in [1.82, 2.24) is 0 Å². The van der Waals surface area contributed by atoms with Crippen LogP contribution >= 0.6 is 0 Å². The molecule has 6 N–H and O–H groups in total. The first kappa shape index (κ1) is 38.2. The molecule has 0 spiro atoms. The Balaban J connectivity index is 1.57. The average Bonchev–Trinajstić information content (AvgIpc) is 3.06. The molecule has 2 aliphatic heterocycles. The third kappa shape index (κ3) is 9.16. The highest BCUT2D eigenvalue weighted by molar-refractivity contribution is 5.95. The van der Waals surface area contributed by atoms with E-state index >= 15 is 0 Å². The molecule has 2 fully saturated rings. The van der Waals surface area contributed by atoms with Crippen molar-refractivity contribution < 1.29 is 87.7 Å². The molecule has 0 bridgehead atoms. The Morgan fingerprint density at radius 1 is 0.680 bits per heavy atom. The van der Waals surface area contributed by atoms with E-state index in [0.29, 0.717) is 0 Å². The number of phenolic OH excluding ortho intramolecular Hbond substituents is 1. The van der Waals surface area contributed by atoms with Crippen LogP contribution in [0.5, 0.6) is 17.2 Å². The Hall–Kier alpha value is -4.56. The second-order valence-corrected chi connectivity index (χ2v) is 11.3. The summed E-state index contributed by atoms with van der Waals surface area (Å²) in [5.74, 6) is -4.52. The second kappa shape index (κ2) is 16.9. The first-order valence-electron chi connectivity index (χ1n) is 15.2. The van der Waals surface area contributed by atoms with Gasteiger partial charge in [0.2, 0.25) is 18.7 Å². The monoisotopic (exact) mass is 710 g/mol. The van der Waals surface area contributed by atoms with Crippen LogP contribution in [0.3, 0.4) is 0 Å². The number of hydrogen-bond acceptors (Lipinski definition) is 18. The third-order valence-corrected chi connectivity index (χ3v) is 7.55. The summed E-state index contributed by atoms with van der Waals surface area (Å²) in [5.41, 5.74) is -0.288. The standard InChI is InChI=1S/C32H38O18/c1-14(34)43-13-22-25(39)28(45-15(2)35)29(46-16(3)36)32(50-22)48-20-10-6-8-18(37)23(20)30(42)44-12-17-7-4-5-9-19(17)47-31-27(41)26(40)24(38)21(11-33)49-31/h4-10,21-22,24-29,31-33,37-41H,11-13H2,1-3H3/t21-,22-,24-,25-,26+,27-,28+,29-,31-,32-/m1/s1. The quantitative estimate of drug-likeness (QED) is 0.112. The zero-order valence-electron chi connectivity index (χ0n) is 27.0. The lowest BCUT2D eigenvalue weighted by Crippen LogP contribution is -2.62. The Kier molecular flexibility index (Phi) is 12.9. The van der Waals surface area contributed by atoms with Crippen LogP contribution in [-0.2, 0) is 49.4 Å². The largest absolute Gasteiger partial charge is 0.507 e. The minimum absolute atomic E-state index is 0.0344. The number of ether oxygens (including phenoxy) is 8. The molecular formula is C32H38O18. The van der Waals surface area contributed by atoms with Crippen molar-refractivity contribution >= 4 is 23.9 Å². The molecule has 2 heterocycles. The van der Waals surface area contributed by atoms with E-state index in [9.17, 15) is 49.8 Å². The molecule has 50 heavy (non-hydrogen) atoms. The molecular weight excluding hydrogens is 672 g/mol. The summed E-state index contributed by atoms with van der Waals surface area (Å²) >= 11 is 0. The van der Waals surface area contributed by atoms with Crippen molar-refractivity contribution in [2.75, 3.05) is 13.2 Å². The van der Waals surface area contributed by atoms with Gasteiger partial charge in [-0.15, -0.1) is 0 Å². The van der Waals surface area contributed by atoms with Gasteiger partial charge in [-0.1, -0.05) is 24.3 Å². The van der Waals surface area contributed by atoms with E-state index in [1.54, 1.807) is 12.1 Å². The van der Waals surface area contributed by atoms with Crippen molar-refractivity contribution in [1.29, 1.82) is 0 Å². The van der Waals surface area contributed by atoms with E-state index in [2.05, 4.69) is 0 Å². The molecule has 2 saturated heterocycles.